The van der Waals surface area contributed by atoms with Crippen LogP contribution in [0.1, 0.15) is 101 Å². The molecule has 2 aromatic carbocycles. The van der Waals surface area contributed by atoms with Gasteiger partial charge in [-0.2, -0.15) is 0 Å². The van der Waals surface area contributed by atoms with E-state index in [0.29, 0.717) is 23.7 Å². The van der Waals surface area contributed by atoms with Gasteiger partial charge in [-0.05, 0) is 52.0 Å². The van der Waals surface area contributed by atoms with E-state index in [4.69, 9.17) is 4.99 Å². The molecule has 0 amide bonds. The molecule has 29 heavy (non-hydrogen) atoms. The predicted octanol–water partition coefficient (Wildman–Crippen LogP) is 8.51. The molecule has 0 aromatic heterocycles. The quantitative estimate of drug-likeness (QED) is 0.449. The van der Waals surface area contributed by atoms with Crippen LogP contribution in [0.5, 0.6) is 0 Å². The summed E-state index contributed by atoms with van der Waals surface area (Å²) in [4.78, 5) is 4.84. The summed E-state index contributed by atoms with van der Waals surface area (Å²) in [5.41, 5.74) is 7.66. The van der Waals surface area contributed by atoms with Gasteiger partial charge in [0.15, 0.2) is 0 Å². The molecule has 0 bridgehead atoms. The van der Waals surface area contributed by atoms with Gasteiger partial charge in [-0.25, -0.2) is 0 Å². The molecular formula is C27H38N2. The summed E-state index contributed by atoms with van der Waals surface area (Å²) < 4.78 is 0. The Bertz CT molecular complexity index is 802. The Hall–Kier alpha value is -2.35. The first-order valence-electron chi connectivity index (χ1n) is 10.9. The third-order valence-corrected chi connectivity index (χ3v) is 5.33. The molecule has 0 aliphatic carbocycles. The summed E-state index contributed by atoms with van der Waals surface area (Å²) in [5, 5.41) is 3.53. The van der Waals surface area contributed by atoms with E-state index >= 15 is 0 Å². The molecule has 0 aliphatic rings. The number of nitrogens with zero attached hydrogens (tertiary/aromatic N) is 1. The van der Waals surface area contributed by atoms with Gasteiger partial charge in [0.25, 0.3) is 0 Å². The van der Waals surface area contributed by atoms with Crippen LogP contribution in [-0.2, 0) is 0 Å². The molecule has 0 saturated heterocycles. The molecule has 2 nitrogen and oxygen atoms in total. The Morgan fingerprint density at radius 1 is 0.655 bits per heavy atom. The number of rotatable bonds is 8. The summed E-state index contributed by atoms with van der Waals surface area (Å²) in [5.74, 6) is 1.86. The molecule has 2 heteroatoms. The largest absolute Gasteiger partial charge is 0.361 e. The van der Waals surface area contributed by atoms with Crippen LogP contribution < -0.4 is 5.32 Å². The Kier molecular flexibility index (Phi) is 8.25. The first kappa shape index (κ1) is 22.9. The fourth-order valence-corrected chi connectivity index (χ4v) is 3.67. The van der Waals surface area contributed by atoms with Crippen LogP contribution in [0.15, 0.2) is 53.7 Å². The molecule has 0 spiro atoms. The van der Waals surface area contributed by atoms with Gasteiger partial charge in [0.1, 0.15) is 0 Å². The van der Waals surface area contributed by atoms with Gasteiger partial charge in [-0.3, -0.25) is 4.99 Å². The molecule has 0 radical (unpaired) electrons. The van der Waals surface area contributed by atoms with Gasteiger partial charge in [-0.15, -0.1) is 0 Å². The van der Waals surface area contributed by atoms with Gasteiger partial charge >= 0.3 is 0 Å². The van der Waals surface area contributed by atoms with Crippen molar-refractivity contribution in [2.24, 2.45) is 4.99 Å². The van der Waals surface area contributed by atoms with E-state index in [2.05, 4.69) is 97.1 Å². The van der Waals surface area contributed by atoms with Crippen molar-refractivity contribution in [3.05, 3.63) is 70.9 Å². The molecule has 0 atom stereocenters. The second-order valence-electron chi connectivity index (χ2n) is 9.00. The molecular weight excluding hydrogens is 352 g/mol. The summed E-state index contributed by atoms with van der Waals surface area (Å²) in [6.45, 7) is 17.9. The van der Waals surface area contributed by atoms with Gasteiger partial charge < -0.3 is 5.32 Å². The molecule has 156 valence electrons. The Morgan fingerprint density at radius 2 is 1.07 bits per heavy atom. The second-order valence-corrected chi connectivity index (χ2v) is 9.00. The Balaban J connectivity index is 2.28. The van der Waals surface area contributed by atoms with Crippen LogP contribution in [0.4, 0.5) is 11.4 Å². The van der Waals surface area contributed by atoms with Gasteiger partial charge in [-0.1, -0.05) is 91.8 Å². The SMILES string of the molecule is CC(C)c1cccc(C(C)C)c1N=C/C=C\Nc1c(C(C)C)cccc1C(C)C. The molecule has 2 aromatic rings. The van der Waals surface area contributed by atoms with E-state index in [9.17, 15) is 0 Å². The third-order valence-electron chi connectivity index (χ3n) is 5.33. The zero-order valence-corrected chi connectivity index (χ0v) is 19.5. The maximum Gasteiger partial charge on any atom is 0.0698 e. The van der Waals surface area contributed by atoms with Crippen molar-refractivity contribution in [3.8, 4) is 0 Å². The molecule has 0 fully saturated rings. The zero-order valence-electron chi connectivity index (χ0n) is 19.5. The van der Waals surface area contributed by atoms with E-state index in [1.165, 1.54) is 27.9 Å². The highest BCUT2D eigenvalue weighted by atomic mass is 14.9. The normalized spacial score (nSPS) is 12.4. The summed E-state index contributed by atoms with van der Waals surface area (Å²) >= 11 is 0. The van der Waals surface area contributed by atoms with Crippen LogP contribution in [-0.4, -0.2) is 6.21 Å². The van der Waals surface area contributed by atoms with Crippen molar-refractivity contribution in [1.29, 1.82) is 0 Å². The lowest BCUT2D eigenvalue weighted by molar-refractivity contribution is 0.835. The lowest BCUT2D eigenvalue weighted by atomic mass is 9.93. The van der Waals surface area contributed by atoms with Crippen molar-refractivity contribution >= 4 is 17.6 Å². The van der Waals surface area contributed by atoms with E-state index in [1.807, 2.05) is 18.5 Å². The second kappa shape index (κ2) is 10.4. The van der Waals surface area contributed by atoms with Crippen LogP contribution in [0.2, 0.25) is 0 Å². The van der Waals surface area contributed by atoms with Crippen LogP contribution in [0, 0.1) is 0 Å². The van der Waals surface area contributed by atoms with Crippen molar-refractivity contribution < 1.29 is 0 Å². The average molecular weight is 391 g/mol. The minimum atomic E-state index is 0.453. The summed E-state index contributed by atoms with van der Waals surface area (Å²) in [7, 11) is 0. The number of anilines is 1. The fourth-order valence-electron chi connectivity index (χ4n) is 3.67. The van der Waals surface area contributed by atoms with E-state index in [1.54, 1.807) is 0 Å². The first-order valence-corrected chi connectivity index (χ1v) is 10.9. The number of benzene rings is 2. The van der Waals surface area contributed by atoms with Crippen LogP contribution >= 0.6 is 0 Å². The average Bonchev–Trinajstić information content (AvgIpc) is 2.66. The maximum absolute atomic E-state index is 4.84. The Labute approximate surface area is 178 Å². The standard InChI is InChI=1S/C27H38N2/c1-18(2)22-12-9-13-23(19(3)4)26(22)28-16-11-17-29-27-24(20(5)6)14-10-15-25(27)21(7)8/h9-21,28H,1-8H3/b16-11-,29-17?. The van der Waals surface area contributed by atoms with Crippen molar-refractivity contribution in [2.45, 2.75) is 79.1 Å². The summed E-state index contributed by atoms with van der Waals surface area (Å²) in [6, 6.07) is 13.1. The summed E-state index contributed by atoms with van der Waals surface area (Å²) in [6.07, 6.45) is 5.92. The first-order chi connectivity index (χ1) is 13.7. The molecule has 0 unspecified atom stereocenters. The predicted molar refractivity (Wildman–Crippen MR) is 130 cm³/mol. The number of hydrogen-bond donors (Lipinski definition) is 1. The molecule has 0 saturated carbocycles. The number of para-hydroxylation sites is 2. The zero-order chi connectivity index (χ0) is 21.6. The number of nitrogens with one attached hydrogen (secondary N) is 1. The molecule has 0 heterocycles. The van der Waals surface area contributed by atoms with Gasteiger partial charge in [0.2, 0.25) is 0 Å². The minimum absolute atomic E-state index is 0.453. The highest BCUT2D eigenvalue weighted by molar-refractivity contribution is 5.77. The fraction of sp³-hybridized carbons (Fsp3) is 0.444. The monoisotopic (exact) mass is 390 g/mol. The Morgan fingerprint density at radius 3 is 1.48 bits per heavy atom. The van der Waals surface area contributed by atoms with Crippen molar-refractivity contribution in [3.63, 3.8) is 0 Å². The molecule has 0 aliphatic heterocycles. The maximum atomic E-state index is 4.84. The number of hydrogen-bond acceptors (Lipinski definition) is 2. The molecule has 2 rings (SSSR count). The third kappa shape index (κ3) is 5.82. The van der Waals surface area contributed by atoms with Crippen LogP contribution in [0.25, 0.3) is 0 Å². The van der Waals surface area contributed by atoms with E-state index < -0.39 is 0 Å². The van der Waals surface area contributed by atoms with Crippen molar-refractivity contribution in [2.75, 3.05) is 5.32 Å². The number of aliphatic imine (C=N–C) groups is 1. The van der Waals surface area contributed by atoms with Gasteiger partial charge in [0, 0.05) is 18.1 Å². The minimum Gasteiger partial charge on any atom is -0.361 e. The topological polar surface area (TPSA) is 24.4 Å². The number of allylic oxidation sites excluding steroid dienone is 1. The van der Waals surface area contributed by atoms with Gasteiger partial charge in [0.05, 0.1) is 5.69 Å². The van der Waals surface area contributed by atoms with E-state index in [-0.39, 0.29) is 0 Å². The van der Waals surface area contributed by atoms with Crippen molar-refractivity contribution in [1.82, 2.24) is 0 Å². The smallest absolute Gasteiger partial charge is 0.0698 e. The highest BCUT2D eigenvalue weighted by Gasteiger charge is 2.13. The van der Waals surface area contributed by atoms with Crippen LogP contribution in [0.3, 0.4) is 0 Å². The lowest BCUT2D eigenvalue weighted by Gasteiger charge is -2.19. The van der Waals surface area contributed by atoms with E-state index in [0.717, 1.165) is 5.69 Å². The molecule has 1 N–H and O–H groups in total. The lowest BCUT2D eigenvalue weighted by Crippen LogP contribution is -2.02. The highest BCUT2D eigenvalue weighted by Crippen LogP contribution is 2.35.